The van der Waals surface area contributed by atoms with Gasteiger partial charge in [0.2, 0.25) is 11.8 Å². The number of benzene rings is 1. The van der Waals surface area contributed by atoms with E-state index in [1.807, 2.05) is 62.3 Å². The van der Waals surface area contributed by atoms with Crippen molar-refractivity contribution in [2.75, 3.05) is 51.5 Å². The maximum Gasteiger partial charge on any atom is 0.233 e. The average Bonchev–Trinajstić information content (AvgIpc) is 2.38. The molecule has 1 aromatic carbocycles. The van der Waals surface area contributed by atoms with E-state index in [1.165, 1.54) is 0 Å². The topological polar surface area (TPSA) is 64.7 Å². The van der Waals surface area contributed by atoms with Crippen LogP contribution >= 0.6 is 0 Å². The number of rotatable bonds is 7. The molecule has 0 unspecified atom stereocenters. The number of nitrogens with one attached hydrogen (secondary N) is 2. The Bertz CT molecular complexity index is 469. The first-order valence-corrected chi connectivity index (χ1v) is 6.87. The molecule has 0 atom stereocenters. The van der Waals surface area contributed by atoms with Crippen molar-refractivity contribution >= 4 is 23.2 Å². The van der Waals surface area contributed by atoms with Gasteiger partial charge < -0.3 is 20.4 Å². The first-order chi connectivity index (χ1) is 9.88. The van der Waals surface area contributed by atoms with Gasteiger partial charge in [-0.2, -0.15) is 0 Å². The minimum Gasteiger partial charge on any atom is -0.378 e. The van der Waals surface area contributed by atoms with Crippen LogP contribution in [0.15, 0.2) is 24.3 Å². The summed E-state index contributed by atoms with van der Waals surface area (Å²) in [5.74, 6) is -0.575. The summed E-state index contributed by atoms with van der Waals surface area (Å²) in [7, 11) is 7.75. The van der Waals surface area contributed by atoms with Gasteiger partial charge in [0.25, 0.3) is 0 Å². The number of amides is 2. The molecule has 0 saturated heterocycles. The van der Waals surface area contributed by atoms with E-state index in [9.17, 15) is 9.59 Å². The zero-order chi connectivity index (χ0) is 15.8. The maximum absolute atomic E-state index is 11.7. The lowest BCUT2D eigenvalue weighted by Crippen LogP contribution is -2.33. The minimum absolute atomic E-state index is 0.164. The van der Waals surface area contributed by atoms with Crippen molar-refractivity contribution in [3.63, 3.8) is 0 Å². The highest BCUT2D eigenvalue weighted by atomic mass is 16.2. The standard InChI is InChI=1S/C15H24N4O2/c1-18(2)10-9-16-14(20)11-15(21)17-12-5-7-13(8-6-12)19(3)4/h5-8H,9-11H2,1-4H3,(H,16,20)(H,17,21). The van der Waals surface area contributed by atoms with E-state index < -0.39 is 0 Å². The van der Waals surface area contributed by atoms with Crippen LogP contribution in [0.25, 0.3) is 0 Å². The third-order valence-corrected chi connectivity index (χ3v) is 2.87. The molecule has 0 saturated carbocycles. The van der Waals surface area contributed by atoms with Crippen LogP contribution < -0.4 is 15.5 Å². The van der Waals surface area contributed by atoms with Crippen LogP contribution in [0.4, 0.5) is 11.4 Å². The monoisotopic (exact) mass is 292 g/mol. The molecule has 0 spiro atoms. The van der Waals surface area contributed by atoms with Gasteiger partial charge in [0.15, 0.2) is 0 Å². The summed E-state index contributed by atoms with van der Waals surface area (Å²) in [6.07, 6.45) is -0.164. The van der Waals surface area contributed by atoms with E-state index in [4.69, 9.17) is 0 Å². The largest absolute Gasteiger partial charge is 0.378 e. The molecule has 0 bridgehead atoms. The van der Waals surface area contributed by atoms with Crippen LogP contribution in [0.1, 0.15) is 6.42 Å². The molecule has 0 fully saturated rings. The van der Waals surface area contributed by atoms with Crippen molar-refractivity contribution < 1.29 is 9.59 Å². The third-order valence-electron chi connectivity index (χ3n) is 2.87. The zero-order valence-electron chi connectivity index (χ0n) is 13.1. The molecular formula is C15H24N4O2. The summed E-state index contributed by atoms with van der Waals surface area (Å²) < 4.78 is 0. The van der Waals surface area contributed by atoms with E-state index in [0.29, 0.717) is 12.2 Å². The number of hydrogen-bond acceptors (Lipinski definition) is 4. The molecule has 0 radical (unpaired) electrons. The molecule has 0 heterocycles. The van der Waals surface area contributed by atoms with Gasteiger partial charge in [-0.1, -0.05) is 0 Å². The Hall–Kier alpha value is -2.08. The second-order valence-corrected chi connectivity index (χ2v) is 5.32. The molecular weight excluding hydrogens is 268 g/mol. The van der Waals surface area contributed by atoms with Crippen LogP contribution in [-0.2, 0) is 9.59 Å². The van der Waals surface area contributed by atoms with E-state index in [1.54, 1.807) is 0 Å². The molecule has 0 aliphatic rings. The summed E-state index contributed by atoms with van der Waals surface area (Å²) in [5.41, 5.74) is 1.74. The van der Waals surface area contributed by atoms with E-state index in [2.05, 4.69) is 10.6 Å². The average molecular weight is 292 g/mol. The van der Waals surface area contributed by atoms with Gasteiger partial charge in [-0.3, -0.25) is 9.59 Å². The van der Waals surface area contributed by atoms with Crippen molar-refractivity contribution in [3.8, 4) is 0 Å². The highest BCUT2D eigenvalue weighted by Gasteiger charge is 2.09. The van der Waals surface area contributed by atoms with Crippen LogP contribution in [0.2, 0.25) is 0 Å². The van der Waals surface area contributed by atoms with Gasteiger partial charge in [-0.25, -0.2) is 0 Å². The van der Waals surface area contributed by atoms with Crippen LogP contribution in [-0.4, -0.2) is 58.0 Å². The number of hydrogen-bond donors (Lipinski definition) is 2. The molecule has 0 aromatic heterocycles. The predicted molar refractivity (Wildman–Crippen MR) is 85.6 cm³/mol. The third kappa shape index (κ3) is 6.76. The first-order valence-electron chi connectivity index (χ1n) is 6.87. The lowest BCUT2D eigenvalue weighted by Gasteiger charge is -2.13. The summed E-state index contributed by atoms with van der Waals surface area (Å²) in [5, 5.41) is 5.42. The molecule has 2 N–H and O–H groups in total. The quantitative estimate of drug-likeness (QED) is 0.728. The Morgan fingerprint density at radius 2 is 1.62 bits per heavy atom. The molecule has 6 heteroatoms. The van der Waals surface area contributed by atoms with Crippen molar-refractivity contribution in [1.29, 1.82) is 0 Å². The smallest absolute Gasteiger partial charge is 0.233 e. The minimum atomic E-state index is -0.310. The predicted octanol–water partition coefficient (Wildman–Crippen LogP) is 0.759. The highest BCUT2D eigenvalue weighted by Crippen LogP contribution is 2.15. The van der Waals surface area contributed by atoms with Gasteiger partial charge in [0.05, 0.1) is 0 Å². The number of carbonyl (C=O) groups is 2. The second kappa shape index (κ2) is 8.26. The van der Waals surface area contributed by atoms with E-state index >= 15 is 0 Å². The number of anilines is 2. The Kier molecular flexibility index (Phi) is 6.68. The number of carbonyl (C=O) groups excluding carboxylic acids is 2. The van der Waals surface area contributed by atoms with Crippen molar-refractivity contribution in [3.05, 3.63) is 24.3 Å². The molecule has 0 aliphatic carbocycles. The zero-order valence-corrected chi connectivity index (χ0v) is 13.1. The molecule has 21 heavy (non-hydrogen) atoms. The van der Waals surface area contributed by atoms with Crippen LogP contribution in [0.5, 0.6) is 0 Å². The van der Waals surface area contributed by atoms with E-state index in [-0.39, 0.29) is 18.2 Å². The maximum atomic E-state index is 11.7. The van der Waals surface area contributed by atoms with Gasteiger partial charge in [0, 0.05) is 38.6 Å². The van der Waals surface area contributed by atoms with Crippen LogP contribution in [0, 0.1) is 0 Å². The molecule has 1 aromatic rings. The SMILES string of the molecule is CN(C)CCNC(=O)CC(=O)Nc1ccc(N(C)C)cc1. The summed E-state index contributed by atoms with van der Waals surface area (Å²) in [4.78, 5) is 27.3. The second-order valence-electron chi connectivity index (χ2n) is 5.32. The fraction of sp³-hybridized carbons (Fsp3) is 0.467. The fourth-order valence-corrected chi connectivity index (χ4v) is 1.68. The molecule has 6 nitrogen and oxygen atoms in total. The summed E-state index contributed by atoms with van der Waals surface area (Å²) in [6, 6.07) is 7.45. The van der Waals surface area contributed by atoms with Crippen molar-refractivity contribution in [2.45, 2.75) is 6.42 Å². The summed E-state index contributed by atoms with van der Waals surface area (Å²) in [6.45, 7) is 1.29. The molecule has 1 rings (SSSR count). The Labute approximate surface area is 126 Å². The number of nitrogens with zero attached hydrogens (tertiary/aromatic N) is 2. The Morgan fingerprint density at radius 1 is 1.00 bits per heavy atom. The molecule has 116 valence electrons. The lowest BCUT2D eigenvalue weighted by molar-refractivity contribution is -0.126. The summed E-state index contributed by atoms with van der Waals surface area (Å²) >= 11 is 0. The van der Waals surface area contributed by atoms with Gasteiger partial charge >= 0.3 is 0 Å². The van der Waals surface area contributed by atoms with Crippen molar-refractivity contribution in [1.82, 2.24) is 10.2 Å². The Morgan fingerprint density at radius 3 is 2.14 bits per heavy atom. The van der Waals surface area contributed by atoms with Gasteiger partial charge in [0.1, 0.15) is 6.42 Å². The fourth-order valence-electron chi connectivity index (χ4n) is 1.68. The van der Waals surface area contributed by atoms with Gasteiger partial charge in [-0.05, 0) is 38.4 Å². The van der Waals surface area contributed by atoms with Gasteiger partial charge in [-0.15, -0.1) is 0 Å². The Balaban J connectivity index is 2.37. The molecule has 2 amide bonds. The highest BCUT2D eigenvalue weighted by molar-refractivity contribution is 6.03. The first kappa shape index (κ1) is 17.0. The van der Waals surface area contributed by atoms with Crippen LogP contribution in [0.3, 0.4) is 0 Å². The number of likely N-dealkylation sites (N-methyl/N-ethyl adjacent to an activating group) is 1. The molecule has 0 aliphatic heterocycles. The van der Waals surface area contributed by atoms with Crippen molar-refractivity contribution in [2.24, 2.45) is 0 Å². The van der Waals surface area contributed by atoms with E-state index in [0.717, 1.165) is 12.2 Å². The lowest BCUT2D eigenvalue weighted by atomic mass is 10.2. The normalized spacial score (nSPS) is 10.3.